The highest BCUT2D eigenvalue weighted by Crippen LogP contribution is 2.55. The Balaban J connectivity index is 0.000000181. The number of ether oxygens (including phenoxy) is 5. The number of aryl methyl sites for hydroxylation is 6. The molecular formula is C75H86ClF3N13O19P3. The van der Waals surface area contributed by atoms with Crippen LogP contribution in [0, 0.1) is 59.0 Å². The van der Waals surface area contributed by atoms with Crippen LogP contribution in [0.3, 0.4) is 0 Å². The molecule has 0 radical (unpaired) electrons. The molecule has 39 heteroatoms. The van der Waals surface area contributed by atoms with E-state index >= 15 is 0 Å². The molecular weight excluding hydrogens is 1570 g/mol. The van der Waals surface area contributed by atoms with Crippen LogP contribution in [0.25, 0.3) is 11.1 Å². The number of aromatic nitrogens is 7. The van der Waals surface area contributed by atoms with Gasteiger partial charge in [0.2, 0.25) is 17.8 Å². The summed E-state index contributed by atoms with van der Waals surface area (Å²) in [6.45, 7) is 23.5. The van der Waals surface area contributed by atoms with Crippen LogP contribution >= 0.6 is 34.6 Å². The van der Waals surface area contributed by atoms with Crippen molar-refractivity contribution in [2.45, 2.75) is 106 Å². The zero-order valence-electron chi connectivity index (χ0n) is 65.0. The number of nitrogens with zero attached hydrogens (tertiary/aromatic N) is 6. The average Bonchev–Trinajstić information content (AvgIpc) is 1.62. The highest BCUT2D eigenvalue weighted by Gasteiger charge is 2.39. The van der Waals surface area contributed by atoms with E-state index in [2.05, 4.69) is 71.3 Å². The number of hydrogen-bond acceptors (Lipinski definition) is 29. The van der Waals surface area contributed by atoms with Gasteiger partial charge >= 0.3 is 33.3 Å². The van der Waals surface area contributed by atoms with Crippen molar-refractivity contribution in [3.8, 4) is 28.7 Å². The number of anilines is 12. The monoisotopic (exact) mass is 1660 g/mol. The molecule has 12 rings (SSSR count). The van der Waals surface area contributed by atoms with Gasteiger partial charge < -0.3 is 74.3 Å². The molecule has 2 unspecified atom stereocenters. The van der Waals surface area contributed by atoms with Crippen molar-refractivity contribution in [1.29, 1.82) is 0 Å². The second-order valence-electron chi connectivity index (χ2n) is 28.0. The zero-order chi connectivity index (χ0) is 83.5. The summed E-state index contributed by atoms with van der Waals surface area (Å²) in [7, 11) is -6.90. The standard InChI is InChI=1S/C24H26FN4O5P.C22H22FN4O7P.C20H18FN5O3.C9H20ClO4P/c1-13-8-16(10-20(32-3)21(13)25)28-24-26-11-14(2)22(29-24)27-15-6-7-19-17(9-15)18(23(30)34-19)12-33-35(4,5)31;1-11-6-14(8-18(32-3)19(11)23)26-22-24-9-12(2)20(27-22)25-13-4-5-17-15(7-13)16(21(28)34-17)10-33-35(29,30)31;1-10-6-13(8-16(28-3)17(10)21)24-19-22-9-11(2)18(26-19)23-12-4-5-15-14(7-12)25-20(27)29-15;1-8(2,3)13-15(11,12-7-10)14-9(4,5)6/h6-11,18H,12H2,1-5H3,(H2,26,27,28,29);4-9,16H,10H2,1-3H3,(H2,29,30,31)(H2,24,25,26,27);4-9H,1-3H3,(H,25,27)(H2,22,23,24,26);7H2,1-6H3. The Bertz CT molecular complexity index is 5210. The second-order valence-corrected chi connectivity index (χ2v) is 33.7. The van der Waals surface area contributed by atoms with E-state index in [0.717, 1.165) is 22.4 Å². The molecule has 0 saturated heterocycles. The summed E-state index contributed by atoms with van der Waals surface area (Å²) in [5.74, 6) is -1.01. The molecule has 2 aliphatic heterocycles. The Hall–Kier alpha value is -10.5. The number of nitrogens with one attached hydrogen (secondary N) is 7. The SMILES string of the molecule is CC(C)(C)OP(=O)(OCCl)OC(C)(C)C.COc1cc(Nc2ncc(C)c(Nc3ccc4c(c3)C(COP(=O)(O)O)C(=O)O4)n2)cc(C)c1F.COc1cc(Nc2ncc(C)c(Nc3ccc4c(c3)C(COP(C)(C)=O)C(=O)O4)n2)cc(C)c1F.COc1cc(Nc2ncc(C)c(Nc3ccc4oc(=O)[nH]c4c3)n2)cc(C)c1F. The third-order valence-corrected chi connectivity index (χ3v) is 19.4. The number of aromatic amines is 1. The van der Waals surface area contributed by atoms with Crippen molar-refractivity contribution in [3.63, 3.8) is 0 Å². The van der Waals surface area contributed by atoms with Crippen molar-refractivity contribution >= 4 is 127 Å². The van der Waals surface area contributed by atoms with Crippen LogP contribution in [0.4, 0.5) is 82.6 Å². The number of phosphoric ester groups is 2. The molecule has 0 amide bonds. The molecule has 114 heavy (non-hydrogen) atoms. The Labute approximate surface area is 658 Å². The van der Waals surface area contributed by atoms with Crippen LogP contribution in [-0.4, -0.2) is 122 Å². The van der Waals surface area contributed by atoms with Crippen molar-refractivity contribution in [3.05, 3.63) is 182 Å². The molecule has 0 bridgehead atoms. The molecule has 2 aliphatic rings. The van der Waals surface area contributed by atoms with Crippen molar-refractivity contribution in [2.75, 3.05) is 85.8 Å². The third kappa shape index (κ3) is 24.3. The number of alkyl halides is 1. The first-order valence-electron chi connectivity index (χ1n) is 34.6. The van der Waals surface area contributed by atoms with Gasteiger partial charge in [-0.2, -0.15) is 15.0 Å². The number of hydrogen-bond donors (Lipinski definition) is 9. The van der Waals surface area contributed by atoms with Gasteiger partial charge in [-0.1, -0.05) is 11.6 Å². The number of rotatable bonds is 25. The van der Waals surface area contributed by atoms with Gasteiger partial charge in [0.25, 0.3) is 0 Å². The molecule has 0 spiro atoms. The molecule has 4 aromatic heterocycles. The molecule has 6 aromatic carbocycles. The lowest BCUT2D eigenvalue weighted by molar-refractivity contribution is -0.135. The number of carbonyl (C=O) groups is 2. The fourth-order valence-corrected chi connectivity index (χ4v) is 13.5. The number of carbonyl (C=O) groups excluding carboxylic acids is 2. The maximum Gasteiger partial charge on any atom is 0.476 e. The van der Waals surface area contributed by atoms with Gasteiger partial charge in [0.05, 0.1) is 51.3 Å². The van der Waals surface area contributed by atoms with Gasteiger partial charge in [-0.15, -0.1) is 0 Å². The van der Waals surface area contributed by atoms with Gasteiger partial charge in [0.15, 0.2) is 47.7 Å². The third-order valence-electron chi connectivity index (χ3n) is 15.9. The Kier molecular flexibility index (Phi) is 28.2. The molecule has 6 heterocycles. The maximum atomic E-state index is 14.1. The number of phosphoric acid groups is 2. The summed E-state index contributed by atoms with van der Waals surface area (Å²) in [6, 6.07) is 24.6. The number of fused-ring (bicyclic) bond motifs is 3. The lowest BCUT2D eigenvalue weighted by Gasteiger charge is -2.30. The summed E-state index contributed by atoms with van der Waals surface area (Å²) < 4.78 is 133. The van der Waals surface area contributed by atoms with Crippen LogP contribution in [0.15, 0.2) is 119 Å². The van der Waals surface area contributed by atoms with Crippen molar-refractivity contribution in [2.24, 2.45) is 0 Å². The highest BCUT2D eigenvalue weighted by molar-refractivity contribution is 7.57. The number of halogens is 4. The summed E-state index contributed by atoms with van der Waals surface area (Å²) in [4.78, 5) is 82.7. The van der Waals surface area contributed by atoms with Gasteiger partial charge in [-0.05, 0) is 173 Å². The molecule has 10 aromatic rings. The van der Waals surface area contributed by atoms with E-state index in [0.29, 0.717) is 102 Å². The summed E-state index contributed by atoms with van der Waals surface area (Å²) in [6.07, 6.45) is 4.92. The number of benzene rings is 6. The second kappa shape index (κ2) is 36.7. The molecule has 2 atom stereocenters. The number of H-pyrrole nitrogens is 1. The van der Waals surface area contributed by atoms with E-state index in [9.17, 15) is 41.3 Å². The van der Waals surface area contributed by atoms with Gasteiger partial charge in [-0.3, -0.25) is 37.2 Å². The Morgan fingerprint density at radius 3 is 1.19 bits per heavy atom. The van der Waals surface area contributed by atoms with Gasteiger partial charge in [-0.25, -0.2) is 42.0 Å². The van der Waals surface area contributed by atoms with E-state index < -0.39 is 87.8 Å². The lowest BCUT2D eigenvalue weighted by Crippen LogP contribution is -2.24. The minimum atomic E-state index is -4.75. The van der Waals surface area contributed by atoms with Crippen LogP contribution in [0.5, 0.6) is 28.7 Å². The van der Waals surface area contributed by atoms with Gasteiger partial charge in [0, 0.05) is 112 Å². The largest absolute Gasteiger partial charge is 0.494 e. The summed E-state index contributed by atoms with van der Waals surface area (Å²) >= 11 is 5.39. The topological polar surface area (TPSA) is 414 Å². The van der Waals surface area contributed by atoms with Crippen molar-refractivity contribution in [1.82, 2.24) is 34.9 Å². The fourth-order valence-electron chi connectivity index (χ4n) is 10.7. The zero-order valence-corrected chi connectivity index (χ0v) is 68.5. The predicted octanol–water partition coefficient (Wildman–Crippen LogP) is 17.2. The molecule has 9 N–H and O–H groups in total. The Morgan fingerprint density at radius 1 is 0.491 bits per heavy atom. The smallest absolute Gasteiger partial charge is 0.476 e. The number of oxazole rings is 1. The first-order chi connectivity index (χ1) is 53.5. The molecule has 32 nitrogen and oxygen atoms in total. The van der Waals surface area contributed by atoms with E-state index in [4.69, 9.17) is 67.6 Å². The number of methoxy groups -OCH3 is 3. The van der Waals surface area contributed by atoms with Crippen molar-refractivity contribution < 1.29 is 97.0 Å². The minimum Gasteiger partial charge on any atom is -0.494 e. The minimum absolute atomic E-state index is 0.0271. The molecule has 0 fully saturated rings. The highest BCUT2D eigenvalue weighted by atomic mass is 35.5. The first-order valence-corrected chi connectivity index (χ1v) is 40.6. The van der Waals surface area contributed by atoms with Crippen LogP contribution in [0.1, 0.15) is 97.9 Å². The quantitative estimate of drug-likeness (QED) is 0.0111. The first kappa shape index (κ1) is 87.4. The fraction of sp³-hybridized carbons (Fsp3) is 0.320. The lowest BCUT2D eigenvalue weighted by atomic mass is 10.0. The normalized spacial score (nSPS) is 13.8. The van der Waals surface area contributed by atoms with E-state index in [1.54, 1.807) is 167 Å². The predicted molar refractivity (Wildman–Crippen MR) is 424 cm³/mol. The number of esters is 2. The van der Waals surface area contributed by atoms with Crippen LogP contribution < -0.4 is 61.3 Å². The molecule has 0 aliphatic carbocycles. The average molecular weight is 1660 g/mol. The van der Waals surface area contributed by atoms with Crippen LogP contribution in [0.2, 0.25) is 0 Å². The van der Waals surface area contributed by atoms with E-state index in [1.807, 2.05) is 13.8 Å². The maximum absolute atomic E-state index is 14.1. The van der Waals surface area contributed by atoms with E-state index in [1.165, 1.54) is 46.8 Å². The molecule has 0 saturated carbocycles. The molecule has 608 valence electrons. The summed E-state index contributed by atoms with van der Waals surface area (Å²) in [5, 5.41) is 18.7. The summed E-state index contributed by atoms with van der Waals surface area (Å²) in [5.41, 5.74) is 8.15. The van der Waals surface area contributed by atoms with Gasteiger partial charge in [0.1, 0.15) is 46.9 Å². The van der Waals surface area contributed by atoms with Crippen LogP contribution in [-0.2, 0) is 45.9 Å². The Morgan fingerprint density at radius 2 is 0.851 bits per heavy atom. The van der Waals surface area contributed by atoms with E-state index in [-0.39, 0.29) is 41.6 Å².